The smallest absolute Gasteiger partial charge is 0.693 e. The van der Waals surface area contributed by atoms with Crippen LogP contribution in [0.2, 0.25) is 0 Å². The van der Waals surface area contributed by atoms with Crippen molar-refractivity contribution in [2.45, 2.75) is 0 Å². The van der Waals surface area contributed by atoms with E-state index in [-0.39, 0.29) is 40.5 Å². The number of carboxylic acids is 2. The fourth-order valence-electron chi connectivity index (χ4n) is 0.856. The number of benzene rings is 1. The predicted molar refractivity (Wildman–Crippen MR) is 50.9 cm³/mol. The largest absolute Gasteiger partial charge is 2.00 e. The molecule has 0 aromatic heterocycles. The topological polar surface area (TPSA) is 142 Å². The molecule has 0 fully saturated rings. The molecule has 0 bridgehead atoms. The number of nitrogens with two attached hydrogens (primary N) is 2. The van der Waals surface area contributed by atoms with Crippen molar-refractivity contribution in [2.24, 2.45) is 0 Å². The van der Waals surface area contributed by atoms with Gasteiger partial charge in [-0.2, -0.15) is 0 Å². The number of rotatable bonds is 2. The first-order valence-corrected chi connectivity index (χ1v) is 3.18. The van der Waals surface area contributed by atoms with Crippen LogP contribution in [-0.2, 0) is 17.1 Å². The van der Waals surface area contributed by atoms with Gasteiger partial charge in [-0.05, 0) is 12.1 Å². The second kappa shape index (κ2) is 7.95. The molecule has 0 aliphatic carbocycles. The molecule has 1 rings (SSSR count). The normalized spacial score (nSPS) is 7.47. The zero-order valence-electron chi connectivity index (χ0n) is 7.48. The van der Waals surface area contributed by atoms with Crippen LogP contribution in [0.1, 0.15) is 20.7 Å². The molecule has 0 heterocycles. The molecule has 0 atom stereocenters. The molecule has 0 amide bonds. The second-order valence-corrected chi connectivity index (χ2v) is 2.16. The molecular weight excluding hydrogens is 252 g/mol. The molecule has 0 unspecified atom stereocenters. The second-order valence-electron chi connectivity index (χ2n) is 2.16. The predicted octanol–water partition coefficient (Wildman–Crippen LogP) is 2.51. The van der Waals surface area contributed by atoms with E-state index in [1.54, 1.807) is 0 Å². The summed E-state index contributed by atoms with van der Waals surface area (Å²) in [6, 6.07) is 5.48. The molecule has 15 heavy (non-hydrogen) atoms. The third-order valence-electron chi connectivity index (χ3n) is 1.39. The van der Waals surface area contributed by atoms with E-state index in [0.717, 1.165) is 0 Å². The van der Waals surface area contributed by atoms with Crippen LogP contribution >= 0.6 is 0 Å². The monoisotopic (exact) mass is 261 g/mol. The molecule has 0 aliphatic rings. The van der Waals surface area contributed by atoms with Crippen molar-refractivity contribution in [1.82, 2.24) is 0 Å². The van der Waals surface area contributed by atoms with E-state index in [0.29, 0.717) is 0 Å². The van der Waals surface area contributed by atoms with Gasteiger partial charge < -0.3 is 22.5 Å². The van der Waals surface area contributed by atoms with Crippen molar-refractivity contribution in [2.75, 3.05) is 0 Å². The molecule has 1 radical (unpaired) electrons. The van der Waals surface area contributed by atoms with E-state index in [1.165, 1.54) is 24.3 Å². The number of aromatic carboxylic acids is 2. The van der Waals surface area contributed by atoms with Gasteiger partial charge in [-0.25, -0.2) is 9.59 Å². The van der Waals surface area contributed by atoms with Crippen LogP contribution in [0.5, 0.6) is 0 Å². The summed E-state index contributed by atoms with van der Waals surface area (Å²) in [6.07, 6.45) is 0. The average molecular weight is 262 g/mol. The van der Waals surface area contributed by atoms with Crippen molar-refractivity contribution >= 4 is 11.9 Å². The number of carbonyl (C=O) groups is 2. The fourth-order valence-corrected chi connectivity index (χ4v) is 0.856. The number of hydrogen-bond acceptors (Lipinski definition) is 2. The van der Waals surface area contributed by atoms with Crippen LogP contribution in [0, 0.1) is 0 Å². The summed E-state index contributed by atoms with van der Waals surface area (Å²) < 4.78 is 0. The Morgan fingerprint density at radius 2 is 1.13 bits per heavy atom. The Morgan fingerprint density at radius 1 is 0.867 bits per heavy atom. The summed E-state index contributed by atoms with van der Waals surface area (Å²) in [4.78, 5) is 20.9. The summed E-state index contributed by atoms with van der Waals surface area (Å²) >= 11 is 0. The zero-order chi connectivity index (χ0) is 9.14. The standard InChI is InChI=1S/C8H6O4.Cu.2H2N/c9-7(10)5-3-1-2-4-6(5)8(11)12;;;/h1-4H,(H,9,10)(H,11,12);;2*1H2/q;+2;2*-1. The minimum atomic E-state index is -1.23. The van der Waals surface area contributed by atoms with Crippen molar-refractivity contribution in [3.05, 3.63) is 47.7 Å². The number of hydrogen-bond donors (Lipinski definition) is 2. The Labute approximate surface area is 96.9 Å². The van der Waals surface area contributed by atoms with Gasteiger partial charge >= 0.3 is 29.0 Å². The maximum absolute atomic E-state index is 10.5. The maximum Gasteiger partial charge on any atom is 2.00 e. The summed E-state index contributed by atoms with van der Waals surface area (Å²) in [5.41, 5.74) is -0.380. The first-order valence-electron chi connectivity index (χ1n) is 3.18. The van der Waals surface area contributed by atoms with Gasteiger partial charge in [0.1, 0.15) is 0 Å². The molecule has 7 heteroatoms. The fraction of sp³-hybridized carbons (Fsp3) is 0. The van der Waals surface area contributed by atoms with Gasteiger partial charge in [0.15, 0.2) is 0 Å². The molecule has 0 spiro atoms. The van der Waals surface area contributed by atoms with E-state index in [4.69, 9.17) is 10.2 Å². The van der Waals surface area contributed by atoms with Gasteiger partial charge in [-0.15, -0.1) is 0 Å². The van der Waals surface area contributed by atoms with Crippen LogP contribution in [0.3, 0.4) is 0 Å². The summed E-state index contributed by atoms with van der Waals surface area (Å²) in [7, 11) is 0. The Balaban J connectivity index is -0.000000480. The maximum atomic E-state index is 10.5. The molecule has 0 saturated heterocycles. The summed E-state index contributed by atoms with van der Waals surface area (Å²) in [5.74, 6) is -2.46. The van der Waals surface area contributed by atoms with E-state index in [2.05, 4.69) is 0 Å². The Kier molecular flexibility index (Phi) is 10.2. The summed E-state index contributed by atoms with van der Waals surface area (Å²) in [5, 5.41) is 17.1. The molecular formula is C8H10CuN2O4. The van der Waals surface area contributed by atoms with Crippen molar-refractivity contribution in [3.8, 4) is 0 Å². The quantitative estimate of drug-likeness (QED) is 0.789. The molecule has 87 valence electrons. The summed E-state index contributed by atoms with van der Waals surface area (Å²) in [6.45, 7) is 0. The van der Waals surface area contributed by atoms with Crippen molar-refractivity contribution in [1.29, 1.82) is 0 Å². The van der Waals surface area contributed by atoms with E-state index < -0.39 is 11.9 Å². The van der Waals surface area contributed by atoms with Gasteiger partial charge in [-0.1, -0.05) is 12.1 Å². The Hall–Kier alpha value is -1.40. The molecule has 0 saturated carbocycles. The van der Waals surface area contributed by atoms with Crippen molar-refractivity contribution < 1.29 is 36.9 Å². The third-order valence-corrected chi connectivity index (χ3v) is 1.39. The van der Waals surface area contributed by atoms with Crippen molar-refractivity contribution in [3.63, 3.8) is 0 Å². The van der Waals surface area contributed by atoms with E-state index in [9.17, 15) is 9.59 Å². The van der Waals surface area contributed by atoms with Gasteiger partial charge in [0.05, 0.1) is 11.1 Å². The Bertz CT molecular complexity index is 310. The van der Waals surface area contributed by atoms with E-state index in [1.807, 2.05) is 0 Å². The van der Waals surface area contributed by atoms with Crippen LogP contribution in [0.4, 0.5) is 0 Å². The Morgan fingerprint density at radius 3 is 1.33 bits per heavy atom. The zero-order valence-corrected chi connectivity index (χ0v) is 8.42. The molecule has 0 aliphatic heterocycles. The molecule has 6 nitrogen and oxygen atoms in total. The first-order chi connectivity index (χ1) is 5.63. The minimum absolute atomic E-state index is 0. The van der Waals surface area contributed by atoms with Gasteiger partial charge in [0.25, 0.3) is 0 Å². The average Bonchev–Trinajstić information content (AvgIpc) is 2.04. The third kappa shape index (κ3) is 4.57. The SMILES string of the molecule is O=C(O)c1ccccc1C(=O)O.[Cu+2].[NH2-].[NH2-]. The van der Waals surface area contributed by atoms with Gasteiger partial charge in [0.2, 0.25) is 0 Å². The van der Waals surface area contributed by atoms with Gasteiger partial charge in [0, 0.05) is 0 Å². The first kappa shape index (κ1) is 19.2. The van der Waals surface area contributed by atoms with Crippen LogP contribution < -0.4 is 0 Å². The van der Waals surface area contributed by atoms with Gasteiger partial charge in [-0.3, -0.25) is 0 Å². The molecule has 1 aromatic carbocycles. The van der Waals surface area contributed by atoms with Crippen LogP contribution in [0.15, 0.2) is 24.3 Å². The van der Waals surface area contributed by atoms with E-state index >= 15 is 0 Å². The van der Waals surface area contributed by atoms with Crippen LogP contribution in [-0.4, -0.2) is 22.2 Å². The molecule has 6 N–H and O–H groups in total. The molecule has 1 aromatic rings. The minimum Gasteiger partial charge on any atom is -0.693 e. The van der Waals surface area contributed by atoms with Crippen LogP contribution in [0.25, 0.3) is 12.3 Å². The number of carboxylic acid groups (broad SMARTS) is 2.